The molecule has 0 aliphatic heterocycles. The largest absolute Gasteiger partial charge is 0.496 e. The van der Waals surface area contributed by atoms with Gasteiger partial charge in [0, 0.05) is 47.0 Å². The Hall–Kier alpha value is -3.73. The number of rotatable bonds is 4. The molecule has 27 heavy (non-hydrogen) atoms. The first kappa shape index (κ1) is 16.7. The molecule has 132 valence electrons. The molecule has 3 heterocycles. The quantitative estimate of drug-likeness (QED) is 0.596. The second-order valence-electron chi connectivity index (χ2n) is 5.94. The molecule has 4 aromatic rings. The SMILES string of the molecule is COc1ccccc1-c1c(-c2cccnc2)c(-c2ccccn2)c[nH]c1=O. The summed E-state index contributed by atoms with van der Waals surface area (Å²) in [7, 11) is 1.60. The lowest BCUT2D eigenvalue weighted by molar-refractivity contribution is 0.416. The molecule has 1 aromatic carbocycles. The first-order chi connectivity index (χ1) is 13.3. The summed E-state index contributed by atoms with van der Waals surface area (Å²) in [5.41, 5.74) is 4.26. The van der Waals surface area contributed by atoms with Crippen LogP contribution in [0.25, 0.3) is 33.5 Å². The molecular formula is C22H17N3O2. The van der Waals surface area contributed by atoms with Gasteiger partial charge in [0.05, 0.1) is 18.4 Å². The van der Waals surface area contributed by atoms with Crippen LogP contribution in [0.1, 0.15) is 0 Å². The van der Waals surface area contributed by atoms with Gasteiger partial charge in [-0.25, -0.2) is 0 Å². The van der Waals surface area contributed by atoms with E-state index in [2.05, 4.69) is 15.0 Å². The second kappa shape index (κ2) is 7.25. The van der Waals surface area contributed by atoms with Crippen LogP contribution >= 0.6 is 0 Å². The Bertz CT molecular complexity index is 1120. The highest BCUT2D eigenvalue weighted by molar-refractivity contribution is 5.94. The summed E-state index contributed by atoms with van der Waals surface area (Å²) in [4.78, 5) is 24.5. The average molecular weight is 355 g/mol. The highest BCUT2D eigenvalue weighted by Crippen LogP contribution is 2.39. The first-order valence-electron chi connectivity index (χ1n) is 8.50. The third kappa shape index (κ3) is 3.11. The predicted octanol–water partition coefficient (Wildman–Crippen LogP) is 4.17. The number of para-hydroxylation sites is 1. The number of aromatic nitrogens is 3. The Kier molecular flexibility index (Phi) is 4.49. The minimum atomic E-state index is -0.196. The Morgan fingerprint density at radius 3 is 2.48 bits per heavy atom. The van der Waals surface area contributed by atoms with Gasteiger partial charge in [0.1, 0.15) is 5.75 Å². The number of hydrogen-bond donors (Lipinski definition) is 1. The fourth-order valence-electron chi connectivity index (χ4n) is 3.17. The molecule has 0 aliphatic rings. The topological polar surface area (TPSA) is 67.9 Å². The smallest absolute Gasteiger partial charge is 0.256 e. The molecular weight excluding hydrogens is 338 g/mol. The van der Waals surface area contributed by atoms with Crippen molar-refractivity contribution in [2.75, 3.05) is 7.11 Å². The number of pyridine rings is 3. The number of aromatic amines is 1. The number of methoxy groups -OCH3 is 1. The van der Waals surface area contributed by atoms with Gasteiger partial charge in [-0.1, -0.05) is 30.3 Å². The molecule has 3 aromatic heterocycles. The molecule has 0 bridgehead atoms. The summed E-state index contributed by atoms with van der Waals surface area (Å²) in [5.74, 6) is 0.631. The lowest BCUT2D eigenvalue weighted by atomic mass is 9.91. The number of H-pyrrole nitrogens is 1. The van der Waals surface area contributed by atoms with Gasteiger partial charge in [-0.3, -0.25) is 14.8 Å². The number of nitrogens with zero attached hydrogens (tertiary/aromatic N) is 2. The van der Waals surface area contributed by atoms with Crippen LogP contribution in [0.5, 0.6) is 5.75 Å². The molecule has 0 aliphatic carbocycles. The molecule has 0 spiro atoms. The van der Waals surface area contributed by atoms with Gasteiger partial charge in [-0.15, -0.1) is 0 Å². The van der Waals surface area contributed by atoms with Crippen molar-refractivity contribution in [2.45, 2.75) is 0 Å². The summed E-state index contributed by atoms with van der Waals surface area (Å²) in [6.07, 6.45) is 6.89. The van der Waals surface area contributed by atoms with Gasteiger partial charge in [0.25, 0.3) is 5.56 Å². The minimum Gasteiger partial charge on any atom is -0.496 e. The zero-order valence-electron chi connectivity index (χ0n) is 14.7. The highest BCUT2D eigenvalue weighted by atomic mass is 16.5. The molecule has 5 heteroatoms. The molecule has 5 nitrogen and oxygen atoms in total. The predicted molar refractivity (Wildman–Crippen MR) is 106 cm³/mol. The Morgan fingerprint density at radius 1 is 0.889 bits per heavy atom. The zero-order valence-corrected chi connectivity index (χ0v) is 14.7. The minimum absolute atomic E-state index is 0.196. The molecule has 0 atom stereocenters. The lowest BCUT2D eigenvalue weighted by Crippen LogP contribution is -2.12. The van der Waals surface area contributed by atoms with Crippen LogP contribution in [-0.2, 0) is 0 Å². The number of ether oxygens (including phenoxy) is 1. The van der Waals surface area contributed by atoms with Gasteiger partial charge in [-0.05, 0) is 24.3 Å². The van der Waals surface area contributed by atoms with E-state index >= 15 is 0 Å². The second-order valence-corrected chi connectivity index (χ2v) is 5.94. The van der Waals surface area contributed by atoms with Crippen molar-refractivity contribution >= 4 is 0 Å². The van der Waals surface area contributed by atoms with Gasteiger partial charge in [-0.2, -0.15) is 0 Å². The summed E-state index contributed by atoms with van der Waals surface area (Å²) >= 11 is 0. The van der Waals surface area contributed by atoms with Gasteiger partial charge in [0.2, 0.25) is 0 Å². The van der Waals surface area contributed by atoms with E-state index in [0.29, 0.717) is 11.3 Å². The standard InChI is InChI=1S/C22H17N3O2/c1-27-19-10-3-2-8-16(19)21-20(15-7-6-11-23-13-15)17(14-25-22(21)26)18-9-4-5-12-24-18/h2-14H,1H3,(H,25,26). The maximum absolute atomic E-state index is 12.9. The molecule has 4 rings (SSSR count). The van der Waals surface area contributed by atoms with Crippen LogP contribution in [0.3, 0.4) is 0 Å². The summed E-state index contributed by atoms with van der Waals surface area (Å²) in [5, 5.41) is 0. The number of benzene rings is 1. The molecule has 0 unspecified atom stereocenters. The van der Waals surface area contributed by atoms with E-state index in [1.165, 1.54) is 0 Å². The van der Waals surface area contributed by atoms with E-state index in [0.717, 1.165) is 27.9 Å². The third-order valence-corrected chi connectivity index (χ3v) is 4.36. The molecule has 0 saturated heterocycles. The number of hydrogen-bond acceptors (Lipinski definition) is 4. The third-order valence-electron chi connectivity index (χ3n) is 4.36. The summed E-state index contributed by atoms with van der Waals surface area (Å²) in [6.45, 7) is 0. The summed E-state index contributed by atoms with van der Waals surface area (Å²) < 4.78 is 5.51. The molecule has 0 fully saturated rings. The Balaban J connectivity index is 2.11. The lowest BCUT2D eigenvalue weighted by Gasteiger charge is -2.16. The van der Waals surface area contributed by atoms with Crippen molar-refractivity contribution in [2.24, 2.45) is 0 Å². The first-order valence-corrected chi connectivity index (χ1v) is 8.50. The van der Waals surface area contributed by atoms with E-state index in [1.807, 2.05) is 54.6 Å². The van der Waals surface area contributed by atoms with E-state index in [-0.39, 0.29) is 5.56 Å². The molecule has 0 saturated carbocycles. The fraction of sp³-hybridized carbons (Fsp3) is 0.0455. The van der Waals surface area contributed by atoms with Crippen LogP contribution in [0, 0.1) is 0 Å². The summed E-state index contributed by atoms with van der Waals surface area (Å²) in [6, 6.07) is 17.0. The maximum Gasteiger partial charge on any atom is 0.256 e. The van der Waals surface area contributed by atoms with E-state index in [4.69, 9.17) is 4.74 Å². The molecule has 0 radical (unpaired) electrons. The maximum atomic E-state index is 12.9. The van der Waals surface area contributed by atoms with E-state index < -0.39 is 0 Å². The highest BCUT2D eigenvalue weighted by Gasteiger charge is 2.20. The van der Waals surface area contributed by atoms with Crippen LogP contribution < -0.4 is 10.3 Å². The Morgan fingerprint density at radius 2 is 1.74 bits per heavy atom. The van der Waals surface area contributed by atoms with Crippen LogP contribution in [-0.4, -0.2) is 22.1 Å². The van der Waals surface area contributed by atoms with Gasteiger partial charge in [0.15, 0.2) is 0 Å². The monoisotopic (exact) mass is 355 g/mol. The zero-order chi connectivity index (χ0) is 18.6. The van der Waals surface area contributed by atoms with Gasteiger partial charge >= 0.3 is 0 Å². The van der Waals surface area contributed by atoms with Crippen molar-refractivity contribution in [3.8, 4) is 39.3 Å². The van der Waals surface area contributed by atoms with Crippen molar-refractivity contribution in [3.05, 3.63) is 89.7 Å². The van der Waals surface area contributed by atoms with Crippen molar-refractivity contribution in [3.63, 3.8) is 0 Å². The fourth-order valence-corrected chi connectivity index (χ4v) is 3.17. The molecule has 0 amide bonds. The number of nitrogens with one attached hydrogen (secondary N) is 1. The Labute approximate surface area is 156 Å². The van der Waals surface area contributed by atoms with E-state index in [9.17, 15) is 4.79 Å². The van der Waals surface area contributed by atoms with Crippen LogP contribution in [0.15, 0.2) is 84.2 Å². The normalized spacial score (nSPS) is 10.6. The van der Waals surface area contributed by atoms with Crippen LogP contribution in [0.4, 0.5) is 0 Å². The molecule has 1 N–H and O–H groups in total. The van der Waals surface area contributed by atoms with Crippen molar-refractivity contribution in [1.82, 2.24) is 15.0 Å². The van der Waals surface area contributed by atoms with Crippen molar-refractivity contribution in [1.29, 1.82) is 0 Å². The van der Waals surface area contributed by atoms with E-state index in [1.54, 1.807) is 31.9 Å². The average Bonchev–Trinajstić information content (AvgIpc) is 2.74. The van der Waals surface area contributed by atoms with Crippen molar-refractivity contribution < 1.29 is 4.74 Å². The van der Waals surface area contributed by atoms with Gasteiger partial charge < -0.3 is 9.72 Å². The van der Waals surface area contributed by atoms with Crippen LogP contribution in [0.2, 0.25) is 0 Å².